The molecule has 2 bridgehead atoms. The predicted molar refractivity (Wildman–Crippen MR) is 83.2 cm³/mol. The molecule has 1 aromatic rings. The van der Waals surface area contributed by atoms with Gasteiger partial charge in [0.15, 0.2) is 0 Å². The number of rotatable bonds is 4. The van der Waals surface area contributed by atoms with Gasteiger partial charge in [0.25, 0.3) is 0 Å². The van der Waals surface area contributed by atoms with E-state index >= 15 is 0 Å². The molecule has 114 valence electrons. The van der Waals surface area contributed by atoms with Gasteiger partial charge < -0.3 is 0 Å². The van der Waals surface area contributed by atoms with Crippen LogP contribution in [-0.4, -0.2) is 37.2 Å². The van der Waals surface area contributed by atoms with Gasteiger partial charge in [-0.1, -0.05) is 0 Å². The number of hydrogen-bond donors (Lipinski definition) is 2. The number of aromatic carboxylic acids is 1. The van der Waals surface area contributed by atoms with Crippen molar-refractivity contribution in [3.8, 4) is 0 Å². The molecule has 0 heterocycles. The average molecular weight is 353 g/mol. The molecule has 0 aromatic heterocycles. The normalized spacial score (nSPS) is 33.3. The van der Waals surface area contributed by atoms with Crippen LogP contribution in [-0.2, 0) is 0 Å². The third-order valence-corrected chi connectivity index (χ3v) is 8.77. The molecule has 3 atom stereocenters. The van der Waals surface area contributed by atoms with E-state index in [1.807, 2.05) is 12.1 Å². The first-order valence-corrected chi connectivity index (χ1v) is 9.58. The van der Waals surface area contributed by atoms with Crippen LogP contribution in [0.25, 0.3) is 0 Å². The zero-order valence-corrected chi connectivity index (χ0v) is 14.2. The summed E-state index contributed by atoms with van der Waals surface area (Å²) in [7, 11) is 0. The third kappa shape index (κ3) is 2.16. The second kappa shape index (κ2) is 5.12. The van der Waals surface area contributed by atoms with E-state index in [4.69, 9.17) is 0 Å². The van der Waals surface area contributed by atoms with Crippen molar-refractivity contribution >= 4 is 25.4 Å². The number of hydrogen-bond acceptors (Lipinski definition) is 2. The van der Waals surface area contributed by atoms with E-state index in [-0.39, 0.29) is 31.9 Å². The maximum atomic E-state index is 11.3. The first-order valence-electron chi connectivity index (χ1n) is 7.52. The van der Waals surface area contributed by atoms with Crippen molar-refractivity contribution in [1.82, 2.24) is 0 Å². The van der Waals surface area contributed by atoms with Gasteiger partial charge in [0.2, 0.25) is 0 Å². The van der Waals surface area contributed by atoms with Crippen molar-refractivity contribution in [3.05, 3.63) is 29.8 Å². The quantitative estimate of drug-likeness (QED) is 0.817. The fourth-order valence-corrected chi connectivity index (χ4v) is 7.73. The molecule has 2 fully saturated rings. The molecular weight excluding hydrogens is 331 g/mol. The van der Waals surface area contributed by atoms with Crippen molar-refractivity contribution in [1.29, 1.82) is 0 Å². The predicted octanol–water partition coefficient (Wildman–Crippen LogP) is 2.32. The van der Waals surface area contributed by atoms with Crippen LogP contribution in [0.5, 0.6) is 0 Å². The summed E-state index contributed by atoms with van der Waals surface area (Å²) in [6.07, 6.45) is 3.00. The topological polar surface area (TPSA) is 57.5 Å². The monoisotopic (exact) mass is 354 g/mol. The Morgan fingerprint density at radius 2 is 2.10 bits per heavy atom. The summed E-state index contributed by atoms with van der Waals surface area (Å²) in [5.41, 5.74) is 0.587. The van der Waals surface area contributed by atoms with Crippen molar-refractivity contribution in [3.63, 3.8) is 0 Å². The van der Waals surface area contributed by atoms with Crippen LogP contribution in [0.4, 0.5) is 0 Å². The number of carboxylic acid groups (broad SMARTS) is 1. The summed E-state index contributed by atoms with van der Waals surface area (Å²) in [4.78, 5) is 11.3. The molecule has 3 nitrogen and oxygen atoms in total. The van der Waals surface area contributed by atoms with Gasteiger partial charge in [0.05, 0.1) is 0 Å². The fraction of sp³-hybridized carbons (Fsp3) is 0.588. The summed E-state index contributed by atoms with van der Waals surface area (Å²) >= 11 is 0.0897. The molecule has 2 aliphatic carbocycles. The summed E-state index contributed by atoms with van der Waals surface area (Å²) in [5, 5.41) is 20.8. The van der Waals surface area contributed by atoms with Crippen LogP contribution in [0.1, 0.15) is 43.5 Å². The van der Waals surface area contributed by atoms with Crippen LogP contribution in [0, 0.1) is 16.7 Å². The Kier molecular flexibility index (Phi) is 3.67. The van der Waals surface area contributed by atoms with Crippen molar-refractivity contribution < 1.29 is 15.0 Å². The summed E-state index contributed by atoms with van der Waals surface area (Å²) < 4.78 is 0.949. The van der Waals surface area contributed by atoms with Gasteiger partial charge >= 0.3 is 132 Å². The van der Waals surface area contributed by atoms with E-state index in [2.05, 4.69) is 13.8 Å². The van der Waals surface area contributed by atoms with Gasteiger partial charge in [-0.3, -0.25) is 0 Å². The number of fused-ring (bicyclic) bond motifs is 2. The Labute approximate surface area is 131 Å². The molecule has 0 saturated heterocycles. The van der Waals surface area contributed by atoms with E-state index in [0.29, 0.717) is 11.5 Å². The number of benzene rings is 1. The molecule has 4 heteroatoms. The van der Waals surface area contributed by atoms with Gasteiger partial charge in [0.1, 0.15) is 0 Å². The minimum atomic E-state index is -0.847. The first kappa shape index (κ1) is 15.1. The molecule has 1 aromatic carbocycles. The summed E-state index contributed by atoms with van der Waals surface area (Å²) in [6.45, 7) is 4.58. The molecule has 0 radical (unpaired) electrons. The zero-order valence-electron chi connectivity index (χ0n) is 12.5. The molecule has 2 N–H and O–H groups in total. The van der Waals surface area contributed by atoms with Crippen molar-refractivity contribution in [2.45, 2.75) is 44.5 Å². The van der Waals surface area contributed by atoms with E-state index in [1.54, 1.807) is 12.1 Å². The molecule has 0 spiro atoms. The molecule has 0 aliphatic heterocycles. The van der Waals surface area contributed by atoms with Crippen LogP contribution in [0.3, 0.4) is 0 Å². The summed E-state index contributed by atoms with van der Waals surface area (Å²) in [5.74, 6) is -0.224. The maximum absolute atomic E-state index is 11.3. The number of aliphatic hydroxyl groups excluding tert-OH is 1. The van der Waals surface area contributed by atoms with E-state index in [0.717, 1.165) is 22.6 Å². The van der Waals surface area contributed by atoms with Gasteiger partial charge in [-0.2, -0.15) is 0 Å². The Balaban J connectivity index is 1.84. The molecule has 21 heavy (non-hydrogen) atoms. The molecule has 2 saturated carbocycles. The zero-order chi connectivity index (χ0) is 15.3. The average Bonchev–Trinajstić information content (AvgIpc) is 2.79. The van der Waals surface area contributed by atoms with E-state index in [1.165, 1.54) is 6.42 Å². The molecule has 0 amide bonds. The Morgan fingerprint density at radius 1 is 1.38 bits per heavy atom. The molecule has 3 rings (SSSR count). The number of carbonyl (C=O) groups is 1. The Bertz CT molecular complexity index is 569. The van der Waals surface area contributed by atoms with Gasteiger partial charge in [-0.05, 0) is 0 Å². The van der Waals surface area contributed by atoms with Crippen molar-refractivity contribution in [2.24, 2.45) is 16.7 Å². The fourth-order valence-electron chi connectivity index (χ4n) is 4.36. The Hall–Kier alpha value is -0.831. The van der Waals surface area contributed by atoms with Crippen LogP contribution < -0.4 is 4.46 Å². The SMILES string of the molecule is CC1(C)[C@@H]2CC[C@@]1(C[Se]c1ccccc1C(=O)O)[C@H](O)C2. The van der Waals surface area contributed by atoms with E-state index in [9.17, 15) is 15.0 Å². The second-order valence-electron chi connectivity index (χ2n) is 6.95. The third-order valence-electron chi connectivity index (χ3n) is 5.99. The number of aliphatic hydroxyl groups is 1. The number of carboxylic acids is 1. The molecule has 2 aliphatic rings. The van der Waals surface area contributed by atoms with Crippen LogP contribution in [0.15, 0.2) is 24.3 Å². The Morgan fingerprint density at radius 3 is 2.67 bits per heavy atom. The van der Waals surface area contributed by atoms with Crippen LogP contribution in [0.2, 0.25) is 5.32 Å². The van der Waals surface area contributed by atoms with Crippen LogP contribution >= 0.6 is 0 Å². The van der Waals surface area contributed by atoms with Gasteiger partial charge in [0, 0.05) is 0 Å². The van der Waals surface area contributed by atoms with Crippen molar-refractivity contribution in [2.75, 3.05) is 0 Å². The van der Waals surface area contributed by atoms with Gasteiger partial charge in [-0.15, -0.1) is 0 Å². The van der Waals surface area contributed by atoms with Gasteiger partial charge in [-0.25, -0.2) is 0 Å². The van der Waals surface area contributed by atoms with E-state index < -0.39 is 5.97 Å². The first-order chi connectivity index (χ1) is 9.88. The minimum absolute atomic E-state index is 0.0106. The molecular formula is C17H22O3Se. The second-order valence-corrected chi connectivity index (χ2v) is 9.09. The molecule has 0 unspecified atom stereocenters. The summed E-state index contributed by atoms with van der Waals surface area (Å²) in [6, 6.07) is 7.31. The standard InChI is InChI=1S/C17H22O3Se/c1-16(2)11-7-8-17(16,14(18)9-11)10-21-13-6-4-3-5-12(13)15(19)20/h3-6,11,14,18H,7-10H2,1-2H3,(H,19,20)/t11-,14-,17-/m1/s1.